The monoisotopic (exact) mass is 690 g/mol. The third-order valence-electron chi connectivity index (χ3n) is 7.59. The highest BCUT2D eigenvalue weighted by Crippen LogP contribution is 2.41. The number of nitrogens with zero attached hydrogens (tertiary/aromatic N) is 4. The van der Waals surface area contributed by atoms with Crippen LogP contribution in [0.2, 0.25) is 0 Å². The van der Waals surface area contributed by atoms with E-state index in [1.807, 2.05) is 13.1 Å². The fourth-order valence-electron chi connectivity index (χ4n) is 5.21. The summed E-state index contributed by atoms with van der Waals surface area (Å²) in [5.74, 6) is 0.349. The Bertz CT molecular complexity index is 1370. The second-order valence-electron chi connectivity index (χ2n) is 11.3. The number of likely N-dealkylation sites (N-methyl/N-ethyl adjacent to an activating group) is 2. The average molecular weight is 692 g/mol. The largest absolute Gasteiger partial charge is 0.416 e. The molecule has 0 amide bonds. The SMILES string of the molecule is Cc1cc(F)ccc1-c1cc(N2CCN(C)CC2)ncc1N(C)CC(C)(C)c1cc(C(F)(F)F)cc(C(F)(F)F)c1.Cl.Cl.Cl. The quantitative estimate of drug-likeness (QED) is 0.242. The van der Waals surface area contributed by atoms with E-state index in [4.69, 9.17) is 0 Å². The predicted molar refractivity (Wildman–Crippen MR) is 169 cm³/mol. The standard InChI is InChI=1S/C30H33F7N4.3ClH/c1-19-12-23(31)6-7-24(19)25-16-27(41-10-8-39(4)9-11-41)38-17-26(25)40(5)18-28(2,3)20-13-21(29(32,33)34)15-22(14-20)30(35,36)37;;;/h6-7,12-17H,8-11,18H2,1-5H3;3*1H. The molecule has 2 aromatic carbocycles. The van der Waals surface area contributed by atoms with Gasteiger partial charge in [-0.2, -0.15) is 26.3 Å². The Morgan fingerprint density at radius 2 is 1.30 bits per heavy atom. The highest BCUT2D eigenvalue weighted by Gasteiger charge is 2.39. The van der Waals surface area contributed by atoms with Crippen molar-refractivity contribution in [1.82, 2.24) is 9.88 Å². The van der Waals surface area contributed by atoms with Crippen LogP contribution >= 0.6 is 37.2 Å². The molecule has 1 aromatic heterocycles. The number of pyridine rings is 1. The van der Waals surface area contributed by atoms with Crippen LogP contribution in [0.4, 0.5) is 42.2 Å². The summed E-state index contributed by atoms with van der Waals surface area (Å²) in [6, 6.07) is 8.05. The first-order valence-electron chi connectivity index (χ1n) is 13.2. The van der Waals surface area contributed by atoms with E-state index in [-0.39, 0.29) is 61.2 Å². The average Bonchev–Trinajstić information content (AvgIpc) is 2.87. The van der Waals surface area contributed by atoms with Crippen molar-refractivity contribution < 1.29 is 30.7 Å². The molecule has 246 valence electrons. The molecule has 1 aliphatic heterocycles. The molecule has 0 atom stereocenters. The molecule has 2 heterocycles. The van der Waals surface area contributed by atoms with E-state index in [0.717, 1.165) is 55.3 Å². The molecule has 0 N–H and O–H groups in total. The molecule has 1 saturated heterocycles. The van der Waals surface area contributed by atoms with Crippen LogP contribution in [0.5, 0.6) is 0 Å². The van der Waals surface area contributed by atoms with Gasteiger partial charge in [0.2, 0.25) is 0 Å². The fraction of sp³-hybridized carbons (Fsp3) is 0.433. The van der Waals surface area contributed by atoms with Crippen molar-refractivity contribution >= 4 is 48.7 Å². The van der Waals surface area contributed by atoms with Gasteiger partial charge in [-0.25, -0.2) is 9.37 Å². The van der Waals surface area contributed by atoms with Crippen molar-refractivity contribution in [1.29, 1.82) is 0 Å². The molecule has 0 spiro atoms. The molecule has 4 rings (SSSR count). The Balaban J connectivity index is 0.00000323. The first-order chi connectivity index (χ1) is 19.0. The Morgan fingerprint density at radius 1 is 0.773 bits per heavy atom. The number of hydrogen-bond acceptors (Lipinski definition) is 4. The summed E-state index contributed by atoms with van der Waals surface area (Å²) in [4.78, 5) is 10.8. The van der Waals surface area contributed by atoms with Crippen molar-refractivity contribution in [2.45, 2.75) is 38.5 Å². The van der Waals surface area contributed by atoms with Crippen molar-refractivity contribution in [2.75, 3.05) is 56.6 Å². The van der Waals surface area contributed by atoms with Crippen LogP contribution in [0.15, 0.2) is 48.7 Å². The highest BCUT2D eigenvalue weighted by atomic mass is 35.5. The molecule has 0 aliphatic carbocycles. The van der Waals surface area contributed by atoms with Crippen LogP contribution in [0, 0.1) is 12.7 Å². The van der Waals surface area contributed by atoms with Gasteiger partial charge in [0.05, 0.1) is 23.0 Å². The Morgan fingerprint density at radius 3 is 1.80 bits per heavy atom. The number of aryl methyl sites for hydroxylation is 1. The Hall–Kier alpha value is -2.47. The lowest BCUT2D eigenvalue weighted by atomic mass is 9.82. The molecule has 3 aromatic rings. The van der Waals surface area contributed by atoms with Crippen molar-refractivity contribution in [2.24, 2.45) is 0 Å². The number of piperazine rings is 1. The van der Waals surface area contributed by atoms with E-state index >= 15 is 0 Å². The lowest BCUT2D eigenvalue weighted by Crippen LogP contribution is -2.44. The number of anilines is 2. The van der Waals surface area contributed by atoms with Gasteiger partial charge in [0.15, 0.2) is 0 Å². The van der Waals surface area contributed by atoms with E-state index in [1.54, 1.807) is 45.0 Å². The van der Waals surface area contributed by atoms with Crippen LogP contribution in [0.25, 0.3) is 11.1 Å². The lowest BCUT2D eigenvalue weighted by Gasteiger charge is -2.35. The second-order valence-corrected chi connectivity index (χ2v) is 11.3. The molecule has 4 nitrogen and oxygen atoms in total. The molecule has 44 heavy (non-hydrogen) atoms. The van der Waals surface area contributed by atoms with Crippen LogP contribution in [-0.2, 0) is 17.8 Å². The fourth-order valence-corrected chi connectivity index (χ4v) is 5.21. The van der Waals surface area contributed by atoms with Crippen LogP contribution in [0.3, 0.4) is 0 Å². The zero-order chi connectivity index (χ0) is 30.3. The van der Waals surface area contributed by atoms with Gasteiger partial charge in [0, 0.05) is 50.7 Å². The summed E-state index contributed by atoms with van der Waals surface area (Å²) in [5, 5.41) is 0. The third-order valence-corrected chi connectivity index (χ3v) is 7.59. The van der Waals surface area contributed by atoms with Gasteiger partial charge in [-0.15, -0.1) is 37.2 Å². The molecular weight excluding hydrogens is 656 g/mol. The minimum Gasteiger partial charge on any atom is -0.372 e. The van der Waals surface area contributed by atoms with Gasteiger partial charge in [-0.3, -0.25) is 0 Å². The minimum absolute atomic E-state index is 0. The highest BCUT2D eigenvalue weighted by molar-refractivity contribution is 5.86. The number of alkyl halides is 6. The maximum Gasteiger partial charge on any atom is 0.416 e. The van der Waals surface area contributed by atoms with E-state index in [0.29, 0.717) is 11.3 Å². The zero-order valence-electron chi connectivity index (χ0n) is 24.8. The number of rotatable bonds is 6. The molecule has 0 unspecified atom stereocenters. The van der Waals surface area contributed by atoms with Gasteiger partial charge in [0.25, 0.3) is 0 Å². The number of halogens is 10. The van der Waals surface area contributed by atoms with Gasteiger partial charge in [-0.05, 0) is 67.1 Å². The van der Waals surface area contributed by atoms with Crippen LogP contribution < -0.4 is 9.80 Å². The van der Waals surface area contributed by atoms with Crippen molar-refractivity contribution in [3.05, 3.63) is 76.7 Å². The summed E-state index contributed by atoms with van der Waals surface area (Å²) in [5.41, 5.74) is -1.12. The first-order valence-corrected chi connectivity index (χ1v) is 13.2. The third kappa shape index (κ3) is 9.05. The zero-order valence-corrected chi connectivity index (χ0v) is 27.3. The van der Waals surface area contributed by atoms with Crippen molar-refractivity contribution in [3.63, 3.8) is 0 Å². The Kier molecular flexibility index (Phi) is 13.3. The summed E-state index contributed by atoms with van der Waals surface area (Å²) < 4.78 is 95.3. The number of benzene rings is 2. The Labute approximate surface area is 271 Å². The molecule has 14 heteroatoms. The summed E-state index contributed by atoms with van der Waals surface area (Å²) >= 11 is 0. The van der Waals surface area contributed by atoms with Crippen LogP contribution in [0.1, 0.15) is 36.1 Å². The summed E-state index contributed by atoms with van der Waals surface area (Å²) in [6.45, 7) is 8.33. The van der Waals surface area contributed by atoms with Gasteiger partial charge in [-0.1, -0.05) is 19.9 Å². The topological polar surface area (TPSA) is 22.6 Å². The van der Waals surface area contributed by atoms with E-state index in [1.165, 1.54) is 12.1 Å². The number of aromatic nitrogens is 1. The van der Waals surface area contributed by atoms with Crippen molar-refractivity contribution in [3.8, 4) is 11.1 Å². The molecule has 1 fully saturated rings. The van der Waals surface area contributed by atoms with Gasteiger partial charge < -0.3 is 14.7 Å². The van der Waals surface area contributed by atoms with Crippen LogP contribution in [-0.4, -0.2) is 56.7 Å². The lowest BCUT2D eigenvalue weighted by molar-refractivity contribution is -0.143. The predicted octanol–water partition coefficient (Wildman–Crippen LogP) is 8.66. The maximum atomic E-state index is 14.0. The second kappa shape index (κ2) is 14.7. The van der Waals surface area contributed by atoms with Gasteiger partial charge in [0.1, 0.15) is 11.6 Å². The molecule has 0 bridgehead atoms. The summed E-state index contributed by atoms with van der Waals surface area (Å²) in [7, 11) is 3.76. The molecular formula is C30H36Cl3F7N4. The van der Waals surface area contributed by atoms with Gasteiger partial charge >= 0.3 is 12.4 Å². The molecule has 1 aliphatic rings. The summed E-state index contributed by atoms with van der Waals surface area (Å²) in [6.07, 6.45) is -8.21. The molecule has 0 radical (unpaired) electrons. The van der Waals surface area contributed by atoms with E-state index in [2.05, 4.69) is 14.8 Å². The first kappa shape index (κ1) is 39.6. The molecule has 0 saturated carbocycles. The minimum atomic E-state index is -4.94. The number of hydrogen-bond donors (Lipinski definition) is 0. The maximum absolute atomic E-state index is 14.0. The van der Waals surface area contributed by atoms with E-state index < -0.39 is 28.9 Å². The normalized spacial score (nSPS) is 14.3. The van der Waals surface area contributed by atoms with E-state index in [9.17, 15) is 30.7 Å². The smallest absolute Gasteiger partial charge is 0.372 e.